The number of amides is 1. The van der Waals surface area contributed by atoms with E-state index in [1.807, 2.05) is 43.9 Å². The molecule has 144 valence electrons. The van der Waals surface area contributed by atoms with E-state index in [9.17, 15) is 4.79 Å². The smallest absolute Gasteiger partial charge is 0.410 e. The molecule has 1 atom stereocenters. The first kappa shape index (κ1) is 19.3. The van der Waals surface area contributed by atoms with Gasteiger partial charge in [-0.1, -0.05) is 6.07 Å². The number of aryl methyl sites for hydroxylation is 2. The van der Waals surface area contributed by atoms with Gasteiger partial charge in [0.25, 0.3) is 0 Å². The summed E-state index contributed by atoms with van der Waals surface area (Å²) in [5, 5.41) is 10.3. The average molecular weight is 367 g/mol. The Balaban J connectivity index is 1.74. The van der Waals surface area contributed by atoms with Gasteiger partial charge in [-0.2, -0.15) is 5.26 Å². The van der Waals surface area contributed by atoms with Gasteiger partial charge in [-0.15, -0.1) is 0 Å². The van der Waals surface area contributed by atoms with Gasteiger partial charge in [-0.05, 0) is 77.0 Å². The average Bonchev–Trinajstić information content (AvgIpc) is 3.21. The summed E-state index contributed by atoms with van der Waals surface area (Å²) in [5.74, 6) is 0. The van der Waals surface area contributed by atoms with Crippen molar-refractivity contribution in [3.8, 4) is 6.07 Å². The SMILES string of the molecule is CCn1c(CC[C@@H]2CCCN2C(=O)OC(C)(C)C)cc2ccc(C#N)cc21. The van der Waals surface area contributed by atoms with Crippen LogP contribution in [0.15, 0.2) is 24.3 Å². The van der Waals surface area contributed by atoms with Gasteiger partial charge in [-0.3, -0.25) is 0 Å². The second kappa shape index (κ2) is 7.64. The number of nitrogens with zero attached hydrogens (tertiary/aromatic N) is 3. The topological polar surface area (TPSA) is 58.3 Å². The molecule has 2 heterocycles. The maximum absolute atomic E-state index is 12.5. The van der Waals surface area contributed by atoms with Gasteiger partial charge in [0.1, 0.15) is 5.60 Å². The van der Waals surface area contributed by atoms with Gasteiger partial charge in [-0.25, -0.2) is 4.79 Å². The van der Waals surface area contributed by atoms with E-state index in [0.717, 1.165) is 44.3 Å². The first-order valence-corrected chi connectivity index (χ1v) is 9.84. The normalized spacial score (nSPS) is 17.3. The third kappa shape index (κ3) is 4.27. The van der Waals surface area contributed by atoms with E-state index in [0.29, 0.717) is 5.56 Å². The number of rotatable bonds is 4. The lowest BCUT2D eigenvalue weighted by molar-refractivity contribution is 0.0220. The Bertz CT molecular complexity index is 870. The number of carbonyl (C=O) groups is 1. The molecule has 1 aliphatic heterocycles. The zero-order valence-corrected chi connectivity index (χ0v) is 16.8. The highest BCUT2D eigenvalue weighted by Gasteiger charge is 2.32. The van der Waals surface area contributed by atoms with Crippen LogP contribution in [0.25, 0.3) is 10.9 Å². The summed E-state index contributed by atoms with van der Waals surface area (Å²) in [5.41, 5.74) is 2.60. The summed E-state index contributed by atoms with van der Waals surface area (Å²) in [6.07, 6.45) is 3.71. The van der Waals surface area contributed by atoms with E-state index in [1.54, 1.807) is 0 Å². The molecule has 0 saturated carbocycles. The predicted octanol–water partition coefficient (Wildman–Crippen LogP) is 4.86. The number of hydrogen-bond donors (Lipinski definition) is 0. The van der Waals surface area contributed by atoms with Crippen molar-refractivity contribution in [3.63, 3.8) is 0 Å². The van der Waals surface area contributed by atoms with Crippen molar-refractivity contribution >= 4 is 17.0 Å². The van der Waals surface area contributed by atoms with Crippen LogP contribution in [0.2, 0.25) is 0 Å². The molecule has 3 rings (SSSR count). The lowest BCUT2D eigenvalue weighted by atomic mass is 10.1. The fraction of sp³-hybridized carbons (Fsp3) is 0.545. The minimum absolute atomic E-state index is 0.195. The Morgan fingerprint density at radius 2 is 2.11 bits per heavy atom. The molecule has 0 spiro atoms. The van der Waals surface area contributed by atoms with Crippen molar-refractivity contribution in [3.05, 3.63) is 35.5 Å². The lowest BCUT2D eigenvalue weighted by Crippen LogP contribution is -2.40. The van der Waals surface area contributed by atoms with Crippen molar-refractivity contribution in [1.82, 2.24) is 9.47 Å². The molecule has 0 aliphatic carbocycles. The molecule has 1 aromatic carbocycles. The first-order valence-electron chi connectivity index (χ1n) is 9.84. The number of nitriles is 1. The molecule has 1 aliphatic rings. The Labute approximate surface area is 161 Å². The van der Waals surface area contributed by atoms with Crippen LogP contribution >= 0.6 is 0 Å². The number of aromatic nitrogens is 1. The van der Waals surface area contributed by atoms with Crippen molar-refractivity contribution < 1.29 is 9.53 Å². The minimum atomic E-state index is -0.461. The highest BCUT2D eigenvalue weighted by molar-refractivity contribution is 5.82. The molecule has 0 N–H and O–H groups in total. The third-order valence-electron chi connectivity index (χ3n) is 5.17. The summed E-state index contributed by atoms with van der Waals surface area (Å²) in [7, 11) is 0. The van der Waals surface area contributed by atoms with E-state index in [2.05, 4.69) is 23.6 Å². The van der Waals surface area contributed by atoms with Crippen LogP contribution in [-0.2, 0) is 17.7 Å². The molecule has 1 aromatic heterocycles. The fourth-order valence-corrected chi connectivity index (χ4v) is 3.97. The van der Waals surface area contributed by atoms with Gasteiger partial charge in [0.05, 0.1) is 11.6 Å². The Morgan fingerprint density at radius 1 is 1.33 bits per heavy atom. The van der Waals surface area contributed by atoms with Crippen molar-refractivity contribution in [2.75, 3.05) is 6.54 Å². The van der Waals surface area contributed by atoms with E-state index >= 15 is 0 Å². The quantitative estimate of drug-likeness (QED) is 0.775. The molecule has 1 saturated heterocycles. The van der Waals surface area contributed by atoms with Gasteiger partial charge < -0.3 is 14.2 Å². The molecule has 1 amide bonds. The van der Waals surface area contributed by atoms with E-state index < -0.39 is 5.60 Å². The zero-order chi connectivity index (χ0) is 19.6. The number of likely N-dealkylation sites (tertiary alicyclic amines) is 1. The van der Waals surface area contributed by atoms with Gasteiger partial charge in [0.15, 0.2) is 0 Å². The summed E-state index contributed by atoms with van der Waals surface area (Å²) in [6.45, 7) is 9.50. The molecule has 0 radical (unpaired) electrons. The molecule has 5 nitrogen and oxygen atoms in total. The Morgan fingerprint density at radius 3 is 2.78 bits per heavy atom. The molecule has 2 aromatic rings. The number of hydrogen-bond acceptors (Lipinski definition) is 3. The predicted molar refractivity (Wildman–Crippen MR) is 107 cm³/mol. The van der Waals surface area contributed by atoms with Crippen LogP contribution in [0.5, 0.6) is 0 Å². The molecule has 0 unspecified atom stereocenters. The second-order valence-corrected chi connectivity index (χ2v) is 8.27. The molecule has 0 bridgehead atoms. The maximum atomic E-state index is 12.5. The summed E-state index contributed by atoms with van der Waals surface area (Å²) >= 11 is 0. The number of ether oxygens (including phenoxy) is 1. The van der Waals surface area contributed by atoms with Crippen LogP contribution < -0.4 is 0 Å². The minimum Gasteiger partial charge on any atom is -0.444 e. The lowest BCUT2D eigenvalue weighted by Gasteiger charge is -2.28. The first-order chi connectivity index (χ1) is 12.8. The highest BCUT2D eigenvalue weighted by Crippen LogP contribution is 2.27. The monoisotopic (exact) mass is 367 g/mol. The summed E-state index contributed by atoms with van der Waals surface area (Å²) in [4.78, 5) is 14.4. The molecule has 27 heavy (non-hydrogen) atoms. The summed E-state index contributed by atoms with van der Waals surface area (Å²) < 4.78 is 7.85. The van der Waals surface area contributed by atoms with Gasteiger partial charge in [0.2, 0.25) is 0 Å². The van der Waals surface area contributed by atoms with Crippen molar-refractivity contribution in [1.29, 1.82) is 5.26 Å². The van der Waals surface area contributed by atoms with E-state index in [4.69, 9.17) is 10.00 Å². The molecular formula is C22H29N3O2. The van der Waals surface area contributed by atoms with Crippen LogP contribution in [0.3, 0.4) is 0 Å². The Kier molecular flexibility index (Phi) is 5.46. The van der Waals surface area contributed by atoms with E-state index in [1.165, 1.54) is 11.1 Å². The third-order valence-corrected chi connectivity index (χ3v) is 5.17. The number of carbonyl (C=O) groups excluding carboxylic acids is 1. The number of fused-ring (bicyclic) bond motifs is 1. The second-order valence-electron chi connectivity index (χ2n) is 8.27. The maximum Gasteiger partial charge on any atom is 0.410 e. The van der Waals surface area contributed by atoms with Crippen LogP contribution in [-0.4, -0.2) is 33.7 Å². The van der Waals surface area contributed by atoms with Crippen LogP contribution in [0.4, 0.5) is 4.79 Å². The standard InChI is InChI=1S/C22H29N3O2/c1-5-24-19(14-17-9-8-16(15-23)13-20(17)24)11-10-18-7-6-12-25(18)21(26)27-22(2,3)4/h8-9,13-14,18H,5-7,10-12H2,1-4H3/t18-/m0/s1. The number of benzene rings is 1. The van der Waals surface area contributed by atoms with E-state index in [-0.39, 0.29) is 12.1 Å². The molecular weight excluding hydrogens is 338 g/mol. The highest BCUT2D eigenvalue weighted by atomic mass is 16.6. The molecule has 5 heteroatoms. The van der Waals surface area contributed by atoms with Crippen molar-refractivity contribution in [2.24, 2.45) is 0 Å². The van der Waals surface area contributed by atoms with Crippen LogP contribution in [0, 0.1) is 11.3 Å². The van der Waals surface area contributed by atoms with Crippen LogP contribution in [0.1, 0.15) is 58.2 Å². The van der Waals surface area contributed by atoms with Crippen molar-refractivity contribution in [2.45, 2.75) is 71.6 Å². The largest absolute Gasteiger partial charge is 0.444 e. The van der Waals surface area contributed by atoms with Gasteiger partial charge in [0, 0.05) is 30.3 Å². The fourth-order valence-electron chi connectivity index (χ4n) is 3.97. The Hall–Kier alpha value is -2.48. The zero-order valence-electron chi connectivity index (χ0n) is 16.8. The molecule has 1 fully saturated rings. The summed E-state index contributed by atoms with van der Waals surface area (Å²) in [6, 6.07) is 10.5. The van der Waals surface area contributed by atoms with Gasteiger partial charge >= 0.3 is 6.09 Å².